The molecule has 1 aromatic rings. The fraction of sp³-hybridized carbons (Fsp3) is 0. The predicted octanol–water partition coefficient (Wildman–Crippen LogP) is 1.11. The zero-order valence-corrected chi connectivity index (χ0v) is 7.18. The van der Waals surface area contributed by atoms with E-state index in [1.165, 1.54) is 3.57 Å². The number of benzene rings is 1. The first-order valence-corrected chi connectivity index (χ1v) is 3.71. The van der Waals surface area contributed by atoms with Crippen molar-refractivity contribution in [3.05, 3.63) is 32.2 Å². The summed E-state index contributed by atoms with van der Waals surface area (Å²) in [5.74, 6) is 0. The van der Waals surface area contributed by atoms with Crippen LogP contribution in [0.1, 0.15) is 0 Å². The minimum atomic E-state index is 1.01. The molecule has 0 saturated heterocycles. The van der Waals surface area contributed by atoms with Crippen molar-refractivity contribution in [2.75, 3.05) is 0 Å². The second-order valence-electron chi connectivity index (χ2n) is 1.91. The van der Waals surface area contributed by atoms with Gasteiger partial charge in [0.2, 0.25) is 0 Å². The van der Waals surface area contributed by atoms with Crippen molar-refractivity contribution >= 4 is 35.7 Å². The molecular formula is C8H7I. The quantitative estimate of drug-likeness (QED) is 0.585. The average molecular weight is 230 g/mol. The van der Waals surface area contributed by atoms with Crippen molar-refractivity contribution in [1.82, 2.24) is 0 Å². The van der Waals surface area contributed by atoms with E-state index < -0.39 is 0 Å². The number of rotatable bonds is 0. The zero-order valence-electron chi connectivity index (χ0n) is 5.02. The first-order chi connectivity index (χ1) is 4.20. The molecule has 0 unspecified atom stereocenters. The van der Waals surface area contributed by atoms with E-state index in [1.807, 2.05) is 18.2 Å². The van der Waals surface area contributed by atoms with Crippen LogP contribution in [0.2, 0.25) is 0 Å². The smallest absolute Gasteiger partial charge is 0.0136 e. The molecule has 0 radical (unpaired) electrons. The molecule has 1 heteroatoms. The van der Waals surface area contributed by atoms with E-state index in [1.54, 1.807) is 0 Å². The molecule has 0 aliphatic carbocycles. The third kappa shape index (κ3) is 1.55. The molecular weight excluding hydrogens is 223 g/mol. The lowest BCUT2D eigenvalue weighted by Crippen LogP contribution is -2.20. The van der Waals surface area contributed by atoms with E-state index in [9.17, 15) is 0 Å². The van der Waals surface area contributed by atoms with Gasteiger partial charge in [0.25, 0.3) is 0 Å². The molecule has 46 valence electrons. The van der Waals surface area contributed by atoms with Crippen LogP contribution in [-0.2, 0) is 0 Å². The SMILES string of the molecule is C=c1ccc(I)cc1=C. The molecule has 0 amide bonds. The Balaban J connectivity index is 3.53. The molecule has 0 nitrogen and oxygen atoms in total. The predicted molar refractivity (Wildman–Crippen MR) is 49.5 cm³/mol. The van der Waals surface area contributed by atoms with Gasteiger partial charge in [-0.2, -0.15) is 0 Å². The van der Waals surface area contributed by atoms with Gasteiger partial charge in [-0.05, 0) is 45.2 Å². The Hall–Kier alpha value is -0.310. The summed E-state index contributed by atoms with van der Waals surface area (Å²) < 4.78 is 1.21. The van der Waals surface area contributed by atoms with E-state index in [0.29, 0.717) is 0 Å². The van der Waals surface area contributed by atoms with Gasteiger partial charge in [0.15, 0.2) is 0 Å². The van der Waals surface area contributed by atoms with Crippen LogP contribution < -0.4 is 10.4 Å². The first kappa shape index (κ1) is 6.81. The standard InChI is InChI=1S/C8H7I/c1-6-3-4-8(9)5-7(6)2/h3-5H,1-2H2. The zero-order chi connectivity index (χ0) is 6.85. The van der Waals surface area contributed by atoms with Gasteiger partial charge in [0.05, 0.1) is 0 Å². The van der Waals surface area contributed by atoms with Gasteiger partial charge in [-0.3, -0.25) is 0 Å². The highest BCUT2D eigenvalue weighted by Crippen LogP contribution is 1.94. The summed E-state index contributed by atoms with van der Waals surface area (Å²) in [6, 6.07) is 6.02. The Morgan fingerprint density at radius 2 is 1.78 bits per heavy atom. The normalized spacial score (nSPS) is 9.44. The minimum Gasteiger partial charge on any atom is -0.0912 e. The monoisotopic (exact) mass is 230 g/mol. The van der Waals surface area contributed by atoms with Crippen molar-refractivity contribution in [2.45, 2.75) is 0 Å². The fourth-order valence-electron chi connectivity index (χ4n) is 0.594. The summed E-state index contributed by atoms with van der Waals surface area (Å²) in [7, 11) is 0. The molecule has 0 spiro atoms. The molecule has 0 aliphatic rings. The van der Waals surface area contributed by atoms with Crippen LogP contribution in [0.3, 0.4) is 0 Å². The van der Waals surface area contributed by atoms with Gasteiger partial charge in [-0.15, -0.1) is 0 Å². The van der Waals surface area contributed by atoms with Crippen LogP contribution in [0.25, 0.3) is 13.2 Å². The van der Waals surface area contributed by atoms with Gasteiger partial charge in [0.1, 0.15) is 0 Å². The summed E-state index contributed by atoms with van der Waals surface area (Å²) in [5.41, 5.74) is 0. The summed E-state index contributed by atoms with van der Waals surface area (Å²) in [4.78, 5) is 0. The van der Waals surface area contributed by atoms with E-state index in [4.69, 9.17) is 0 Å². The summed E-state index contributed by atoms with van der Waals surface area (Å²) in [5, 5.41) is 2.03. The van der Waals surface area contributed by atoms with Gasteiger partial charge in [-0.1, -0.05) is 19.2 Å². The molecule has 9 heavy (non-hydrogen) atoms. The van der Waals surface area contributed by atoms with Crippen molar-refractivity contribution in [3.8, 4) is 0 Å². The van der Waals surface area contributed by atoms with Crippen LogP contribution in [0.15, 0.2) is 18.2 Å². The van der Waals surface area contributed by atoms with Gasteiger partial charge < -0.3 is 0 Å². The first-order valence-electron chi connectivity index (χ1n) is 2.63. The Labute approximate surface area is 68.0 Å². The third-order valence-electron chi connectivity index (χ3n) is 1.17. The van der Waals surface area contributed by atoms with E-state index in [0.717, 1.165) is 10.4 Å². The van der Waals surface area contributed by atoms with Crippen LogP contribution in [-0.4, -0.2) is 0 Å². The highest BCUT2D eigenvalue weighted by atomic mass is 127. The molecule has 0 aliphatic heterocycles. The highest BCUT2D eigenvalue weighted by molar-refractivity contribution is 14.1. The fourth-order valence-corrected chi connectivity index (χ4v) is 1.15. The van der Waals surface area contributed by atoms with E-state index in [2.05, 4.69) is 35.7 Å². The highest BCUT2D eigenvalue weighted by Gasteiger charge is 1.81. The van der Waals surface area contributed by atoms with Gasteiger partial charge in [0, 0.05) is 3.57 Å². The lowest BCUT2D eigenvalue weighted by molar-refractivity contribution is 1.51. The number of hydrogen-bond donors (Lipinski definition) is 0. The topological polar surface area (TPSA) is 0 Å². The second-order valence-corrected chi connectivity index (χ2v) is 3.16. The van der Waals surface area contributed by atoms with Gasteiger partial charge in [-0.25, -0.2) is 0 Å². The van der Waals surface area contributed by atoms with E-state index >= 15 is 0 Å². The van der Waals surface area contributed by atoms with Crippen molar-refractivity contribution in [3.63, 3.8) is 0 Å². The molecule has 0 atom stereocenters. The molecule has 1 rings (SSSR count). The lowest BCUT2D eigenvalue weighted by atomic mass is 10.3. The largest absolute Gasteiger partial charge is 0.0912 e. The number of hydrogen-bond acceptors (Lipinski definition) is 0. The molecule has 0 saturated carbocycles. The maximum Gasteiger partial charge on any atom is 0.0136 e. The summed E-state index contributed by atoms with van der Waals surface area (Å²) >= 11 is 2.25. The third-order valence-corrected chi connectivity index (χ3v) is 1.84. The summed E-state index contributed by atoms with van der Waals surface area (Å²) in [6.45, 7) is 7.61. The maximum atomic E-state index is 3.81. The van der Waals surface area contributed by atoms with Gasteiger partial charge >= 0.3 is 0 Å². The molecule has 0 fully saturated rings. The maximum absolute atomic E-state index is 3.81. The average Bonchev–Trinajstić information content (AvgIpc) is 1.80. The Morgan fingerprint density at radius 1 is 1.11 bits per heavy atom. The van der Waals surface area contributed by atoms with Crippen molar-refractivity contribution < 1.29 is 0 Å². The van der Waals surface area contributed by atoms with Crippen LogP contribution in [0.5, 0.6) is 0 Å². The molecule has 0 aromatic heterocycles. The van der Waals surface area contributed by atoms with E-state index in [-0.39, 0.29) is 0 Å². The second kappa shape index (κ2) is 2.52. The Kier molecular flexibility index (Phi) is 1.90. The van der Waals surface area contributed by atoms with Crippen LogP contribution in [0, 0.1) is 3.57 Å². The van der Waals surface area contributed by atoms with Crippen LogP contribution >= 0.6 is 22.6 Å². The minimum absolute atomic E-state index is 1.01. The molecule has 0 N–H and O–H groups in total. The number of halogens is 1. The van der Waals surface area contributed by atoms with Crippen molar-refractivity contribution in [1.29, 1.82) is 0 Å². The molecule has 0 heterocycles. The van der Waals surface area contributed by atoms with Crippen LogP contribution in [0.4, 0.5) is 0 Å². The molecule has 1 aromatic carbocycles. The Bertz CT molecular complexity index is 301. The van der Waals surface area contributed by atoms with Crippen molar-refractivity contribution in [2.24, 2.45) is 0 Å². The summed E-state index contributed by atoms with van der Waals surface area (Å²) in [6.07, 6.45) is 0. The Morgan fingerprint density at radius 3 is 2.22 bits per heavy atom. The lowest BCUT2D eigenvalue weighted by Gasteiger charge is -1.86. The molecule has 0 bridgehead atoms.